The topological polar surface area (TPSA) is 32.3 Å². The summed E-state index contributed by atoms with van der Waals surface area (Å²) in [6.07, 6.45) is 3.65. The molecule has 0 saturated heterocycles. The van der Waals surface area contributed by atoms with Crippen LogP contribution in [0.25, 0.3) is 0 Å². The summed E-state index contributed by atoms with van der Waals surface area (Å²) < 4.78 is 0. The second-order valence-corrected chi connectivity index (χ2v) is 5.26. The SMILES string of the molecule is CC[C@@H](CO)NC(c1cccs1)C1CC1. The van der Waals surface area contributed by atoms with E-state index in [1.807, 2.05) is 11.3 Å². The maximum Gasteiger partial charge on any atom is 0.0584 e. The third kappa shape index (κ3) is 2.80. The highest BCUT2D eigenvalue weighted by Crippen LogP contribution is 2.42. The van der Waals surface area contributed by atoms with Gasteiger partial charge in [-0.3, -0.25) is 0 Å². The highest BCUT2D eigenvalue weighted by Gasteiger charge is 2.33. The third-order valence-corrected chi connectivity index (χ3v) is 4.03. The molecule has 2 atom stereocenters. The van der Waals surface area contributed by atoms with Crippen LogP contribution < -0.4 is 5.32 Å². The standard InChI is InChI=1S/C12H19NOS/c1-2-10(8-14)13-12(9-5-6-9)11-4-3-7-15-11/h3-4,7,9-10,12-14H,2,5-6,8H2,1H3/t10-,12?/m0/s1. The van der Waals surface area contributed by atoms with Crippen LogP contribution in [0.15, 0.2) is 17.5 Å². The van der Waals surface area contributed by atoms with E-state index < -0.39 is 0 Å². The Kier molecular flexibility index (Phi) is 3.78. The van der Waals surface area contributed by atoms with Gasteiger partial charge >= 0.3 is 0 Å². The van der Waals surface area contributed by atoms with E-state index in [-0.39, 0.29) is 12.6 Å². The molecule has 1 heterocycles. The highest BCUT2D eigenvalue weighted by molar-refractivity contribution is 7.10. The summed E-state index contributed by atoms with van der Waals surface area (Å²) in [7, 11) is 0. The molecule has 1 saturated carbocycles. The first-order valence-electron chi connectivity index (χ1n) is 5.75. The fourth-order valence-electron chi connectivity index (χ4n) is 1.90. The Bertz CT molecular complexity index is 278. The molecular formula is C12H19NOS. The van der Waals surface area contributed by atoms with Gasteiger partial charge in [0, 0.05) is 17.0 Å². The third-order valence-electron chi connectivity index (χ3n) is 3.07. The van der Waals surface area contributed by atoms with Gasteiger partial charge in [-0.05, 0) is 36.6 Å². The van der Waals surface area contributed by atoms with Crippen molar-refractivity contribution in [3.8, 4) is 0 Å². The van der Waals surface area contributed by atoms with Gasteiger partial charge in [0.1, 0.15) is 0 Å². The molecule has 2 N–H and O–H groups in total. The molecule has 1 unspecified atom stereocenters. The molecular weight excluding hydrogens is 206 g/mol. The van der Waals surface area contributed by atoms with Gasteiger partial charge in [-0.25, -0.2) is 0 Å². The molecule has 0 aliphatic heterocycles. The van der Waals surface area contributed by atoms with Gasteiger partial charge < -0.3 is 10.4 Å². The minimum absolute atomic E-state index is 0.241. The largest absolute Gasteiger partial charge is 0.395 e. The molecule has 2 rings (SSSR count). The Morgan fingerprint density at radius 2 is 2.40 bits per heavy atom. The summed E-state index contributed by atoms with van der Waals surface area (Å²) in [5.74, 6) is 0.796. The predicted molar refractivity (Wildman–Crippen MR) is 64.1 cm³/mol. The predicted octanol–water partition coefficient (Wildman–Crippen LogP) is 2.56. The summed E-state index contributed by atoms with van der Waals surface area (Å²) in [5.41, 5.74) is 0. The van der Waals surface area contributed by atoms with Crippen LogP contribution in [0.4, 0.5) is 0 Å². The van der Waals surface area contributed by atoms with Crippen LogP contribution in [0.1, 0.15) is 37.1 Å². The summed E-state index contributed by atoms with van der Waals surface area (Å²) in [4.78, 5) is 1.42. The molecule has 1 fully saturated rings. The Balaban J connectivity index is 2.00. The first kappa shape index (κ1) is 11.1. The second-order valence-electron chi connectivity index (χ2n) is 4.28. The Morgan fingerprint density at radius 3 is 2.87 bits per heavy atom. The van der Waals surface area contributed by atoms with Gasteiger partial charge in [0.25, 0.3) is 0 Å². The quantitative estimate of drug-likeness (QED) is 0.780. The summed E-state index contributed by atoms with van der Waals surface area (Å²) in [6, 6.07) is 5.03. The first-order valence-corrected chi connectivity index (χ1v) is 6.63. The van der Waals surface area contributed by atoms with Crippen molar-refractivity contribution < 1.29 is 5.11 Å². The van der Waals surface area contributed by atoms with Crippen molar-refractivity contribution in [2.24, 2.45) is 5.92 Å². The van der Waals surface area contributed by atoms with Crippen molar-refractivity contribution in [2.75, 3.05) is 6.61 Å². The van der Waals surface area contributed by atoms with Crippen molar-refractivity contribution in [1.29, 1.82) is 0 Å². The van der Waals surface area contributed by atoms with E-state index in [1.165, 1.54) is 17.7 Å². The Morgan fingerprint density at radius 1 is 1.60 bits per heavy atom. The van der Waals surface area contributed by atoms with Crippen LogP contribution in [0.5, 0.6) is 0 Å². The lowest BCUT2D eigenvalue weighted by Gasteiger charge is -2.22. The van der Waals surface area contributed by atoms with E-state index in [9.17, 15) is 5.11 Å². The molecule has 2 nitrogen and oxygen atoms in total. The van der Waals surface area contributed by atoms with Crippen LogP contribution in [-0.4, -0.2) is 17.8 Å². The van der Waals surface area contributed by atoms with Crippen molar-refractivity contribution in [1.82, 2.24) is 5.32 Å². The zero-order valence-electron chi connectivity index (χ0n) is 9.15. The summed E-state index contributed by atoms with van der Waals surface area (Å²) in [6.45, 7) is 2.36. The van der Waals surface area contributed by atoms with E-state index in [4.69, 9.17) is 0 Å². The molecule has 15 heavy (non-hydrogen) atoms. The van der Waals surface area contributed by atoms with Gasteiger partial charge in [-0.1, -0.05) is 13.0 Å². The van der Waals surface area contributed by atoms with Crippen LogP contribution in [0, 0.1) is 5.92 Å². The van der Waals surface area contributed by atoms with E-state index >= 15 is 0 Å². The number of aliphatic hydroxyl groups is 1. The molecule has 0 spiro atoms. The van der Waals surface area contributed by atoms with E-state index in [0.29, 0.717) is 6.04 Å². The molecule has 1 aromatic rings. The maximum absolute atomic E-state index is 9.22. The number of thiophene rings is 1. The lowest BCUT2D eigenvalue weighted by Crippen LogP contribution is -2.35. The molecule has 0 bridgehead atoms. The lowest BCUT2D eigenvalue weighted by molar-refractivity contribution is 0.223. The van der Waals surface area contributed by atoms with Crippen LogP contribution in [0.3, 0.4) is 0 Å². The van der Waals surface area contributed by atoms with Gasteiger partial charge in [0.05, 0.1) is 6.61 Å². The minimum Gasteiger partial charge on any atom is -0.395 e. The minimum atomic E-state index is 0.241. The lowest BCUT2D eigenvalue weighted by atomic mass is 10.1. The van der Waals surface area contributed by atoms with Gasteiger partial charge in [0.15, 0.2) is 0 Å². The molecule has 1 aliphatic rings. The van der Waals surface area contributed by atoms with Crippen LogP contribution in [-0.2, 0) is 0 Å². The molecule has 3 heteroatoms. The zero-order valence-corrected chi connectivity index (χ0v) is 9.96. The van der Waals surface area contributed by atoms with Crippen molar-refractivity contribution in [3.63, 3.8) is 0 Å². The zero-order chi connectivity index (χ0) is 10.7. The van der Waals surface area contributed by atoms with Crippen LogP contribution >= 0.6 is 11.3 Å². The van der Waals surface area contributed by atoms with Crippen molar-refractivity contribution in [2.45, 2.75) is 38.3 Å². The molecule has 0 radical (unpaired) electrons. The maximum atomic E-state index is 9.22. The Labute approximate surface area is 95.3 Å². The fraction of sp³-hybridized carbons (Fsp3) is 0.667. The second kappa shape index (κ2) is 5.10. The average molecular weight is 225 g/mol. The Hall–Kier alpha value is -0.380. The van der Waals surface area contributed by atoms with Gasteiger partial charge in [0.2, 0.25) is 0 Å². The molecule has 0 amide bonds. The molecule has 1 aromatic heterocycles. The number of hydrogen-bond acceptors (Lipinski definition) is 3. The number of aliphatic hydroxyl groups excluding tert-OH is 1. The van der Waals surface area contributed by atoms with Gasteiger partial charge in [-0.2, -0.15) is 0 Å². The number of rotatable bonds is 6. The normalized spacial score (nSPS) is 20.1. The fourth-order valence-corrected chi connectivity index (χ4v) is 2.78. The van der Waals surface area contributed by atoms with E-state index in [2.05, 4.69) is 29.8 Å². The smallest absolute Gasteiger partial charge is 0.0584 e. The van der Waals surface area contributed by atoms with E-state index in [1.54, 1.807) is 0 Å². The van der Waals surface area contributed by atoms with Crippen LogP contribution in [0.2, 0.25) is 0 Å². The number of hydrogen-bond donors (Lipinski definition) is 2. The number of nitrogens with one attached hydrogen (secondary N) is 1. The molecule has 1 aliphatic carbocycles. The summed E-state index contributed by atoms with van der Waals surface area (Å²) >= 11 is 1.82. The van der Waals surface area contributed by atoms with Crippen molar-refractivity contribution in [3.05, 3.63) is 22.4 Å². The van der Waals surface area contributed by atoms with Gasteiger partial charge in [-0.15, -0.1) is 11.3 Å². The van der Waals surface area contributed by atoms with E-state index in [0.717, 1.165) is 12.3 Å². The molecule has 0 aromatic carbocycles. The van der Waals surface area contributed by atoms with Crippen molar-refractivity contribution >= 4 is 11.3 Å². The highest BCUT2D eigenvalue weighted by atomic mass is 32.1. The summed E-state index contributed by atoms with van der Waals surface area (Å²) in [5, 5.41) is 14.9. The first-order chi connectivity index (χ1) is 7.35. The monoisotopic (exact) mass is 225 g/mol. The average Bonchev–Trinajstić information content (AvgIpc) is 2.95. The molecule has 84 valence electrons.